The Balaban J connectivity index is 1.94. The van der Waals surface area contributed by atoms with Crippen LogP contribution in [0.5, 0.6) is 11.5 Å². The van der Waals surface area contributed by atoms with Crippen LogP contribution in [0.15, 0.2) is 18.2 Å². The predicted molar refractivity (Wildman–Crippen MR) is 84.7 cm³/mol. The molecule has 116 valence electrons. The van der Waals surface area contributed by atoms with E-state index in [1.165, 1.54) is 6.42 Å². The molecule has 1 saturated carbocycles. The number of nitrogens with two attached hydrogens (primary N) is 1. The van der Waals surface area contributed by atoms with Crippen molar-refractivity contribution in [1.82, 2.24) is 0 Å². The minimum atomic E-state index is -0.0951. The second-order valence-corrected chi connectivity index (χ2v) is 7.85. The van der Waals surface area contributed by atoms with Crippen molar-refractivity contribution in [3.05, 3.63) is 23.8 Å². The molecular weight excluding hydrogens is 262 g/mol. The van der Waals surface area contributed by atoms with Crippen LogP contribution in [0.3, 0.4) is 0 Å². The van der Waals surface area contributed by atoms with Crippen LogP contribution >= 0.6 is 0 Å². The Morgan fingerprint density at radius 3 is 2.67 bits per heavy atom. The molecular formula is C18H27NO2. The number of benzene rings is 1. The standard InChI is InChI=1S/C18H27NO2/c1-12-8-17(2,3)11-18(9-12)10-15(19)14-7-13(20-4)5-6-16(14)21-18/h5-7,12,15H,8-11,19H2,1-4H3/t12?,15-,18?/m0/s1. The van der Waals surface area contributed by atoms with E-state index in [2.05, 4.69) is 20.8 Å². The lowest BCUT2D eigenvalue weighted by molar-refractivity contribution is -0.0571. The average Bonchev–Trinajstić information content (AvgIpc) is 2.35. The van der Waals surface area contributed by atoms with Crippen molar-refractivity contribution in [3.63, 3.8) is 0 Å². The fourth-order valence-corrected chi connectivity index (χ4v) is 4.72. The van der Waals surface area contributed by atoms with Gasteiger partial charge in [0, 0.05) is 18.0 Å². The summed E-state index contributed by atoms with van der Waals surface area (Å²) in [6, 6.07) is 6.03. The first kappa shape index (κ1) is 14.7. The molecule has 1 aliphatic carbocycles. The van der Waals surface area contributed by atoms with E-state index in [0.29, 0.717) is 11.3 Å². The highest BCUT2D eigenvalue weighted by Crippen LogP contribution is 2.52. The Morgan fingerprint density at radius 1 is 1.24 bits per heavy atom. The molecule has 3 atom stereocenters. The van der Waals surface area contributed by atoms with Gasteiger partial charge in [0.2, 0.25) is 0 Å². The van der Waals surface area contributed by atoms with Gasteiger partial charge in [-0.15, -0.1) is 0 Å². The Hall–Kier alpha value is -1.22. The third-order valence-electron chi connectivity index (χ3n) is 4.96. The lowest BCUT2D eigenvalue weighted by atomic mass is 9.63. The van der Waals surface area contributed by atoms with Crippen LogP contribution < -0.4 is 15.2 Å². The Labute approximate surface area is 127 Å². The summed E-state index contributed by atoms with van der Waals surface area (Å²) in [6.45, 7) is 7.03. The van der Waals surface area contributed by atoms with E-state index in [-0.39, 0.29) is 11.6 Å². The zero-order valence-corrected chi connectivity index (χ0v) is 13.6. The van der Waals surface area contributed by atoms with Gasteiger partial charge in [0.15, 0.2) is 0 Å². The van der Waals surface area contributed by atoms with E-state index in [1.807, 2.05) is 18.2 Å². The minimum Gasteiger partial charge on any atom is -0.497 e. The van der Waals surface area contributed by atoms with Crippen LogP contribution in [-0.2, 0) is 0 Å². The van der Waals surface area contributed by atoms with Crippen molar-refractivity contribution in [3.8, 4) is 11.5 Å². The quantitative estimate of drug-likeness (QED) is 0.848. The lowest BCUT2D eigenvalue weighted by Crippen LogP contribution is -2.50. The number of hydrogen-bond donors (Lipinski definition) is 1. The third kappa shape index (κ3) is 2.76. The molecule has 2 unspecified atom stereocenters. The van der Waals surface area contributed by atoms with Crippen molar-refractivity contribution in [1.29, 1.82) is 0 Å². The monoisotopic (exact) mass is 289 g/mol. The molecule has 3 nitrogen and oxygen atoms in total. The summed E-state index contributed by atoms with van der Waals surface area (Å²) in [5, 5.41) is 0. The number of rotatable bonds is 1. The van der Waals surface area contributed by atoms with Crippen LogP contribution in [0.1, 0.15) is 58.1 Å². The van der Waals surface area contributed by atoms with Crippen LogP contribution in [0.2, 0.25) is 0 Å². The van der Waals surface area contributed by atoms with Crippen molar-refractivity contribution >= 4 is 0 Å². The first-order valence-corrected chi connectivity index (χ1v) is 7.95. The van der Waals surface area contributed by atoms with Gasteiger partial charge in [-0.1, -0.05) is 20.8 Å². The van der Waals surface area contributed by atoms with E-state index in [9.17, 15) is 0 Å². The molecule has 0 amide bonds. The summed E-state index contributed by atoms with van der Waals surface area (Å²) in [5.41, 5.74) is 7.78. The molecule has 1 fully saturated rings. The van der Waals surface area contributed by atoms with Gasteiger partial charge in [0.05, 0.1) is 7.11 Å². The summed E-state index contributed by atoms with van der Waals surface area (Å²) < 4.78 is 11.8. The first-order chi connectivity index (χ1) is 9.82. The molecule has 1 aromatic carbocycles. The average molecular weight is 289 g/mol. The number of ether oxygens (including phenoxy) is 2. The van der Waals surface area contributed by atoms with Gasteiger partial charge in [-0.3, -0.25) is 0 Å². The Bertz CT molecular complexity index is 540. The van der Waals surface area contributed by atoms with E-state index in [1.54, 1.807) is 7.11 Å². The van der Waals surface area contributed by atoms with Gasteiger partial charge < -0.3 is 15.2 Å². The van der Waals surface area contributed by atoms with E-state index < -0.39 is 0 Å². The summed E-state index contributed by atoms with van der Waals surface area (Å²) in [6.07, 6.45) is 4.36. The highest BCUT2D eigenvalue weighted by atomic mass is 16.5. The number of hydrogen-bond acceptors (Lipinski definition) is 3. The van der Waals surface area contributed by atoms with E-state index in [4.69, 9.17) is 15.2 Å². The molecule has 0 bridgehead atoms. The van der Waals surface area contributed by atoms with Crippen LogP contribution in [0, 0.1) is 11.3 Å². The topological polar surface area (TPSA) is 44.5 Å². The molecule has 1 spiro atoms. The van der Waals surface area contributed by atoms with Crippen LogP contribution in [0.4, 0.5) is 0 Å². The largest absolute Gasteiger partial charge is 0.497 e. The van der Waals surface area contributed by atoms with Crippen molar-refractivity contribution < 1.29 is 9.47 Å². The second kappa shape index (κ2) is 4.91. The molecule has 3 rings (SSSR count). The first-order valence-electron chi connectivity index (χ1n) is 7.95. The normalized spacial score (nSPS) is 34.1. The molecule has 1 heterocycles. The van der Waals surface area contributed by atoms with E-state index in [0.717, 1.165) is 36.3 Å². The second-order valence-electron chi connectivity index (χ2n) is 7.85. The predicted octanol–water partition coefficient (Wildman–Crippen LogP) is 4.06. The number of methoxy groups -OCH3 is 1. The SMILES string of the molecule is COc1ccc2c(c1)[C@@H](N)CC1(CC(C)CC(C)(C)C1)O2. The number of fused-ring (bicyclic) bond motifs is 1. The molecule has 3 heteroatoms. The zero-order chi connectivity index (χ0) is 15.3. The van der Waals surface area contributed by atoms with Gasteiger partial charge in [0.1, 0.15) is 17.1 Å². The van der Waals surface area contributed by atoms with Gasteiger partial charge in [-0.2, -0.15) is 0 Å². The van der Waals surface area contributed by atoms with Crippen molar-refractivity contribution in [2.45, 2.75) is 58.1 Å². The third-order valence-corrected chi connectivity index (χ3v) is 4.96. The summed E-state index contributed by atoms with van der Waals surface area (Å²) in [7, 11) is 1.68. The fraction of sp³-hybridized carbons (Fsp3) is 0.667. The van der Waals surface area contributed by atoms with E-state index >= 15 is 0 Å². The van der Waals surface area contributed by atoms with Gasteiger partial charge in [-0.05, 0) is 48.8 Å². The molecule has 0 radical (unpaired) electrons. The summed E-state index contributed by atoms with van der Waals surface area (Å²) in [5.74, 6) is 2.47. The van der Waals surface area contributed by atoms with Gasteiger partial charge >= 0.3 is 0 Å². The van der Waals surface area contributed by atoms with Gasteiger partial charge in [-0.25, -0.2) is 0 Å². The van der Waals surface area contributed by atoms with Crippen LogP contribution in [0.25, 0.3) is 0 Å². The highest BCUT2D eigenvalue weighted by Gasteiger charge is 2.48. The molecule has 1 aromatic rings. The summed E-state index contributed by atoms with van der Waals surface area (Å²) in [4.78, 5) is 0. The maximum atomic E-state index is 6.50. The Kier molecular flexibility index (Phi) is 3.44. The van der Waals surface area contributed by atoms with Crippen molar-refractivity contribution in [2.24, 2.45) is 17.1 Å². The molecule has 2 aliphatic rings. The maximum Gasteiger partial charge on any atom is 0.125 e. The lowest BCUT2D eigenvalue weighted by Gasteiger charge is -2.50. The smallest absolute Gasteiger partial charge is 0.125 e. The van der Waals surface area contributed by atoms with Crippen molar-refractivity contribution in [2.75, 3.05) is 7.11 Å². The molecule has 21 heavy (non-hydrogen) atoms. The fourth-order valence-electron chi connectivity index (χ4n) is 4.72. The Morgan fingerprint density at radius 2 is 2.00 bits per heavy atom. The molecule has 0 saturated heterocycles. The van der Waals surface area contributed by atoms with Crippen LogP contribution in [-0.4, -0.2) is 12.7 Å². The molecule has 1 aliphatic heterocycles. The molecule has 0 aromatic heterocycles. The minimum absolute atomic E-state index is 0.0324. The summed E-state index contributed by atoms with van der Waals surface area (Å²) >= 11 is 0. The zero-order valence-electron chi connectivity index (χ0n) is 13.6. The maximum absolute atomic E-state index is 6.50. The molecule has 2 N–H and O–H groups in total. The highest BCUT2D eigenvalue weighted by molar-refractivity contribution is 5.44. The van der Waals surface area contributed by atoms with Gasteiger partial charge in [0.25, 0.3) is 0 Å².